The van der Waals surface area contributed by atoms with Gasteiger partial charge < -0.3 is 15.4 Å². The van der Waals surface area contributed by atoms with Crippen molar-refractivity contribution in [1.29, 1.82) is 0 Å². The van der Waals surface area contributed by atoms with Crippen LogP contribution in [0.2, 0.25) is 0 Å². The summed E-state index contributed by atoms with van der Waals surface area (Å²) in [7, 11) is 1.78. The van der Waals surface area contributed by atoms with Gasteiger partial charge in [0.05, 0.1) is 13.2 Å². The zero-order valence-electron chi connectivity index (χ0n) is 14.6. The third kappa shape index (κ3) is 6.47. The quantitative estimate of drug-likeness (QED) is 0.367. The molecule has 0 atom stereocenters. The minimum absolute atomic E-state index is 0. The summed E-state index contributed by atoms with van der Waals surface area (Å²) in [5.41, 5.74) is 1.14. The largest absolute Gasteiger partial charge is 0.493 e. The molecule has 0 bridgehead atoms. The second-order valence-electron chi connectivity index (χ2n) is 6.01. The number of halogens is 1. The van der Waals surface area contributed by atoms with Crippen molar-refractivity contribution >= 4 is 41.3 Å². The van der Waals surface area contributed by atoms with E-state index >= 15 is 0 Å². The highest BCUT2D eigenvalue weighted by Gasteiger charge is 2.22. The van der Waals surface area contributed by atoms with Gasteiger partial charge in [-0.3, -0.25) is 4.99 Å². The fraction of sp³-hybridized carbons (Fsp3) is 0.444. The van der Waals surface area contributed by atoms with Gasteiger partial charge in [0.2, 0.25) is 0 Å². The normalized spacial score (nSPS) is 13.9. The molecule has 0 unspecified atom stereocenters. The molecule has 2 aromatic rings. The zero-order valence-corrected chi connectivity index (χ0v) is 17.8. The zero-order chi connectivity index (χ0) is 16.8. The van der Waals surface area contributed by atoms with Gasteiger partial charge in [0.25, 0.3) is 0 Å². The van der Waals surface area contributed by atoms with Crippen LogP contribution in [0.1, 0.15) is 28.3 Å². The van der Waals surface area contributed by atoms with Crippen molar-refractivity contribution in [2.45, 2.75) is 32.9 Å². The van der Waals surface area contributed by atoms with Gasteiger partial charge in [-0.15, -0.1) is 35.3 Å². The Labute approximate surface area is 170 Å². The lowest BCUT2D eigenvalue weighted by molar-refractivity contribution is 0.296. The Morgan fingerprint density at radius 3 is 2.72 bits per heavy atom. The van der Waals surface area contributed by atoms with E-state index in [9.17, 15) is 0 Å². The Kier molecular flexibility index (Phi) is 7.95. The number of hydrogen-bond donors (Lipinski definition) is 2. The number of para-hydroxylation sites is 1. The molecule has 0 amide bonds. The topological polar surface area (TPSA) is 58.5 Å². The lowest BCUT2D eigenvalue weighted by atomic mass is 10.2. The molecule has 1 aromatic carbocycles. The Balaban J connectivity index is 0.00000225. The van der Waals surface area contributed by atoms with Crippen LogP contribution in [-0.2, 0) is 13.1 Å². The maximum atomic E-state index is 5.95. The number of aromatic nitrogens is 1. The summed E-state index contributed by atoms with van der Waals surface area (Å²) < 4.78 is 5.95. The van der Waals surface area contributed by atoms with Crippen LogP contribution in [0.25, 0.3) is 0 Å². The first-order chi connectivity index (χ1) is 11.7. The summed E-state index contributed by atoms with van der Waals surface area (Å²) in [5, 5.41) is 7.70. The van der Waals surface area contributed by atoms with Gasteiger partial charge in [0, 0.05) is 30.2 Å². The van der Waals surface area contributed by atoms with Crippen molar-refractivity contribution in [3.8, 4) is 5.75 Å². The van der Waals surface area contributed by atoms with Crippen LogP contribution in [0.3, 0.4) is 0 Å². The summed E-state index contributed by atoms with van der Waals surface area (Å²) in [4.78, 5) is 9.84. The van der Waals surface area contributed by atoms with E-state index in [0.717, 1.165) is 34.8 Å². The molecule has 136 valence electrons. The van der Waals surface area contributed by atoms with Crippen molar-refractivity contribution in [3.05, 3.63) is 45.9 Å². The molecular weight excluding hydrogens is 447 g/mol. The first kappa shape index (κ1) is 20.0. The molecule has 3 rings (SSSR count). The molecule has 7 heteroatoms. The van der Waals surface area contributed by atoms with Gasteiger partial charge in [-0.1, -0.05) is 18.2 Å². The minimum atomic E-state index is 0. The lowest BCUT2D eigenvalue weighted by Crippen LogP contribution is -2.36. The highest BCUT2D eigenvalue weighted by Crippen LogP contribution is 2.30. The van der Waals surface area contributed by atoms with Crippen molar-refractivity contribution in [2.75, 3.05) is 13.7 Å². The summed E-state index contributed by atoms with van der Waals surface area (Å²) in [6.45, 7) is 4.25. The molecule has 1 aliphatic carbocycles. The minimum Gasteiger partial charge on any atom is -0.493 e. The second kappa shape index (κ2) is 9.96. The van der Waals surface area contributed by atoms with Crippen molar-refractivity contribution in [1.82, 2.24) is 15.6 Å². The van der Waals surface area contributed by atoms with E-state index in [1.54, 1.807) is 18.4 Å². The number of thiazole rings is 1. The van der Waals surface area contributed by atoms with Gasteiger partial charge in [-0.2, -0.15) is 0 Å². The van der Waals surface area contributed by atoms with Gasteiger partial charge in [-0.05, 0) is 31.7 Å². The number of ether oxygens (including phenoxy) is 1. The Morgan fingerprint density at radius 1 is 1.28 bits per heavy atom. The number of aryl methyl sites for hydroxylation is 1. The van der Waals surface area contributed by atoms with Crippen LogP contribution in [0.15, 0.2) is 35.5 Å². The predicted molar refractivity (Wildman–Crippen MR) is 114 cm³/mol. The first-order valence-corrected chi connectivity index (χ1v) is 9.13. The standard InChI is InChI=1S/C18H24N4OS.HI/c1-13-9-20-17(24-13)11-22-18(19-2)21-10-15-5-3-4-6-16(15)23-12-14-7-8-14;/h3-6,9,14H,7-8,10-12H2,1-2H3,(H2,19,21,22);1H. The van der Waals surface area contributed by atoms with E-state index in [2.05, 4.69) is 33.6 Å². The highest BCUT2D eigenvalue weighted by atomic mass is 127. The van der Waals surface area contributed by atoms with Crippen LogP contribution in [0.5, 0.6) is 5.75 Å². The maximum absolute atomic E-state index is 5.95. The number of hydrogen-bond acceptors (Lipinski definition) is 4. The van der Waals surface area contributed by atoms with Crippen LogP contribution in [0, 0.1) is 12.8 Å². The Bertz CT molecular complexity index is 700. The number of aliphatic imine (C=N–C) groups is 1. The van der Waals surface area contributed by atoms with Crippen LogP contribution < -0.4 is 15.4 Å². The fourth-order valence-corrected chi connectivity index (χ4v) is 3.05. The number of nitrogens with one attached hydrogen (secondary N) is 2. The van der Waals surface area contributed by atoms with E-state index in [1.165, 1.54) is 17.7 Å². The summed E-state index contributed by atoms with van der Waals surface area (Å²) >= 11 is 1.70. The van der Waals surface area contributed by atoms with E-state index < -0.39 is 0 Å². The monoisotopic (exact) mass is 472 g/mol. The lowest BCUT2D eigenvalue weighted by Gasteiger charge is -2.14. The fourth-order valence-electron chi connectivity index (χ4n) is 2.32. The summed E-state index contributed by atoms with van der Waals surface area (Å²) in [6.07, 6.45) is 4.49. The first-order valence-electron chi connectivity index (χ1n) is 8.31. The van der Waals surface area contributed by atoms with Crippen molar-refractivity contribution < 1.29 is 4.74 Å². The maximum Gasteiger partial charge on any atom is 0.191 e. The van der Waals surface area contributed by atoms with Gasteiger partial charge >= 0.3 is 0 Å². The number of guanidine groups is 1. The average molecular weight is 472 g/mol. The van der Waals surface area contributed by atoms with E-state index in [1.807, 2.05) is 24.4 Å². The highest BCUT2D eigenvalue weighted by molar-refractivity contribution is 14.0. The molecule has 1 fully saturated rings. The van der Waals surface area contributed by atoms with Gasteiger partial charge in [-0.25, -0.2) is 4.98 Å². The molecular formula is C18H25IN4OS. The van der Waals surface area contributed by atoms with E-state index in [-0.39, 0.29) is 24.0 Å². The third-order valence-corrected chi connectivity index (χ3v) is 4.80. The van der Waals surface area contributed by atoms with E-state index in [4.69, 9.17) is 4.74 Å². The average Bonchev–Trinajstić information content (AvgIpc) is 3.34. The molecule has 0 aliphatic heterocycles. The SMILES string of the molecule is CN=C(NCc1ncc(C)s1)NCc1ccccc1OCC1CC1.I. The molecule has 5 nitrogen and oxygen atoms in total. The van der Waals surface area contributed by atoms with E-state index in [0.29, 0.717) is 13.1 Å². The molecule has 0 spiro atoms. The van der Waals surface area contributed by atoms with Crippen LogP contribution in [-0.4, -0.2) is 24.6 Å². The number of nitrogens with zero attached hydrogens (tertiary/aromatic N) is 2. The molecule has 25 heavy (non-hydrogen) atoms. The van der Waals surface area contributed by atoms with Crippen molar-refractivity contribution in [2.24, 2.45) is 10.9 Å². The molecule has 0 radical (unpaired) electrons. The van der Waals surface area contributed by atoms with Gasteiger partial charge in [0.15, 0.2) is 5.96 Å². The van der Waals surface area contributed by atoms with Crippen molar-refractivity contribution in [3.63, 3.8) is 0 Å². The number of benzene rings is 1. The van der Waals surface area contributed by atoms with Crippen LogP contribution >= 0.6 is 35.3 Å². The molecule has 1 heterocycles. The molecule has 1 aromatic heterocycles. The smallest absolute Gasteiger partial charge is 0.191 e. The molecule has 2 N–H and O–H groups in total. The molecule has 0 saturated heterocycles. The third-order valence-electron chi connectivity index (χ3n) is 3.89. The predicted octanol–water partition coefficient (Wildman–Crippen LogP) is 3.72. The molecule has 1 aliphatic rings. The molecule has 1 saturated carbocycles. The Hall–Kier alpha value is -1.35. The summed E-state index contributed by atoms with van der Waals surface area (Å²) in [5.74, 6) is 2.48. The second-order valence-corrected chi connectivity index (χ2v) is 7.33. The van der Waals surface area contributed by atoms with Gasteiger partial charge in [0.1, 0.15) is 10.8 Å². The van der Waals surface area contributed by atoms with Crippen LogP contribution in [0.4, 0.5) is 0 Å². The number of rotatable bonds is 7. The summed E-state index contributed by atoms with van der Waals surface area (Å²) in [6, 6.07) is 8.18. The Morgan fingerprint density at radius 2 is 2.04 bits per heavy atom.